The van der Waals surface area contributed by atoms with E-state index < -0.39 is 0 Å². The fourth-order valence-electron chi connectivity index (χ4n) is 0.815. The summed E-state index contributed by atoms with van der Waals surface area (Å²) in [5, 5.41) is 6.75. The smallest absolute Gasteiger partial charge is 0.355 e. The van der Waals surface area contributed by atoms with Gasteiger partial charge in [-0.3, -0.25) is 0 Å². The summed E-state index contributed by atoms with van der Waals surface area (Å²) in [5.74, 6) is -0.375. The van der Waals surface area contributed by atoms with Crippen LogP contribution in [0.3, 0.4) is 0 Å². The second kappa shape index (κ2) is 2.60. The lowest BCUT2D eigenvalue weighted by molar-refractivity contribution is -0.136. The maximum absolute atomic E-state index is 10.7. The standard InChI is InChI=1S/C6H8N2O2/c1-4-3-5(8-7-2)6(9)10-4/h4H,2-3H2,1H3/b8-5-. The third-order valence-electron chi connectivity index (χ3n) is 1.22. The molecule has 1 unspecified atom stereocenters. The molecule has 4 nitrogen and oxygen atoms in total. The highest BCUT2D eigenvalue weighted by molar-refractivity contribution is 6.38. The van der Waals surface area contributed by atoms with Gasteiger partial charge in [-0.15, -0.1) is 5.10 Å². The normalized spacial score (nSPS) is 28.7. The molecule has 1 aliphatic rings. The van der Waals surface area contributed by atoms with E-state index in [1.807, 2.05) is 6.92 Å². The van der Waals surface area contributed by atoms with Gasteiger partial charge in [-0.05, 0) is 6.92 Å². The maximum atomic E-state index is 10.7. The molecule has 1 fully saturated rings. The SMILES string of the molecule is C=N/N=C1/CC(C)OC1=O. The number of nitrogens with zero attached hydrogens (tertiary/aromatic N) is 2. The molecule has 0 N–H and O–H groups in total. The molecule has 0 saturated carbocycles. The molecule has 54 valence electrons. The van der Waals surface area contributed by atoms with Crippen molar-refractivity contribution in [3.8, 4) is 0 Å². The van der Waals surface area contributed by atoms with E-state index >= 15 is 0 Å². The minimum absolute atomic E-state index is 0.0620. The van der Waals surface area contributed by atoms with Gasteiger partial charge >= 0.3 is 5.97 Å². The Hall–Kier alpha value is -1.19. The van der Waals surface area contributed by atoms with Gasteiger partial charge in [0.2, 0.25) is 0 Å². The fraction of sp³-hybridized carbons (Fsp3) is 0.500. The van der Waals surface area contributed by atoms with Crippen LogP contribution in [0.4, 0.5) is 0 Å². The van der Waals surface area contributed by atoms with Crippen LogP contribution in [-0.4, -0.2) is 24.5 Å². The van der Waals surface area contributed by atoms with Crippen LogP contribution in [0.15, 0.2) is 10.2 Å². The molecule has 10 heavy (non-hydrogen) atoms. The van der Waals surface area contributed by atoms with Gasteiger partial charge in [0.1, 0.15) is 6.10 Å². The Kier molecular flexibility index (Phi) is 1.80. The molecule has 0 amide bonds. The Morgan fingerprint density at radius 1 is 1.80 bits per heavy atom. The van der Waals surface area contributed by atoms with E-state index in [0.717, 1.165) is 0 Å². The number of hydrogen-bond donors (Lipinski definition) is 0. The average Bonchev–Trinajstić information content (AvgIpc) is 2.13. The quantitative estimate of drug-likeness (QED) is 0.300. The molecule has 1 rings (SSSR count). The monoisotopic (exact) mass is 140 g/mol. The molecule has 0 bridgehead atoms. The molecular formula is C6H8N2O2. The summed E-state index contributed by atoms with van der Waals surface area (Å²) in [6.07, 6.45) is 0.477. The zero-order chi connectivity index (χ0) is 7.56. The molecule has 4 heteroatoms. The van der Waals surface area contributed by atoms with Gasteiger partial charge < -0.3 is 4.74 Å². The van der Waals surface area contributed by atoms with Crippen LogP contribution < -0.4 is 0 Å². The fourth-order valence-corrected chi connectivity index (χ4v) is 0.815. The molecule has 1 aliphatic heterocycles. The number of carbonyl (C=O) groups excluding carboxylic acids is 1. The van der Waals surface area contributed by atoms with Gasteiger partial charge in [0.05, 0.1) is 0 Å². The Balaban J connectivity index is 2.72. The highest BCUT2D eigenvalue weighted by Gasteiger charge is 2.26. The first kappa shape index (κ1) is 6.92. The molecular weight excluding hydrogens is 132 g/mol. The predicted molar refractivity (Wildman–Crippen MR) is 37.2 cm³/mol. The van der Waals surface area contributed by atoms with Crippen molar-refractivity contribution in [3.05, 3.63) is 0 Å². The van der Waals surface area contributed by atoms with E-state index in [9.17, 15) is 4.79 Å². The summed E-state index contributed by atoms with van der Waals surface area (Å²) < 4.78 is 4.77. The van der Waals surface area contributed by atoms with Crippen LogP contribution >= 0.6 is 0 Å². The van der Waals surface area contributed by atoms with E-state index in [1.165, 1.54) is 0 Å². The van der Waals surface area contributed by atoms with E-state index in [-0.39, 0.29) is 12.1 Å². The lowest BCUT2D eigenvalue weighted by Gasteiger charge is -1.94. The van der Waals surface area contributed by atoms with Gasteiger partial charge in [0.25, 0.3) is 0 Å². The molecule has 0 spiro atoms. The molecule has 1 heterocycles. The minimum Gasteiger partial charge on any atom is -0.458 e. The highest BCUT2D eigenvalue weighted by atomic mass is 16.5. The number of carbonyl (C=O) groups is 1. The molecule has 1 atom stereocenters. The lowest BCUT2D eigenvalue weighted by Crippen LogP contribution is -2.04. The second-order valence-corrected chi connectivity index (χ2v) is 2.11. The van der Waals surface area contributed by atoms with Crippen molar-refractivity contribution in [3.63, 3.8) is 0 Å². The Bertz CT molecular complexity index is 198. The Labute approximate surface area is 58.6 Å². The van der Waals surface area contributed by atoms with Crippen molar-refractivity contribution in [1.29, 1.82) is 0 Å². The number of esters is 1. The van der Waals surface area contributed by atoms with Crippen molar-refractivity contribution in [2.75, 3.05) is 0 Å². The summed E-state index contributed by atoms with van der Waals surface area (Å²) >= 11 is 0. The summed E-state index contributed by atoms with van der Waals surface area (Å²) in [7, 11) is 0. The number of cyclic esters (lactones) is 1. The molecule has 1 saturated heterocycles. The zero-order valence-corrected chi connectivity index (χ0v) is 5.70. The molecule has 0 aromatic rings. The summed E-state index contributed by atoms with van der Waals surface area (Å²) in [6, 6.07) is 0. The van der Waals surface area contributed by atoms with Crippen molar-refractivity contribution < 1.29 is 9.53 Å². The summed E-state index contributed by atoms with van der Waals surface area (Å²) in [5.41, 5.74) is 0.363. The molecule has 0 aromatic heterocycles. The zero-order valence-electron chi connectivity index (χ0n) is 5.70. The van der Waals surface area contributed by atoms with Crippen LogP contribution in [-0.2, 0) is 9.53 Å². The van der Waals surface area contributed by atoms with Crippen LogP contribution in [0.5, 0.6) is 0 Å². The van der Waals surface area contributed by atoms with E-state index in [4.69, 9.17) is 4.74 Å². The maximum Gasteiger partial charge on any atom is 0.355 e. The first-order valence-electron chi connectivity index (χ1n) is 2.97. The van der Waals surface area contributed by atoms with Crippen molar-refractivity contribution in [2.45, 2.75) is 19.4 Å². The minimum atomic E-state index is -0.375. The topological polar surface area (TPSA) is 51.0 Å². The van der Waals surface area contributed by atoms with Crippen LogP contribution in [0.1, 0.15) is 13.3 Å². The largest absolute Gasteiger partial charge is 0.458 e. The van der Waals surface area contributed by atoms with Crippen molar-refractivity contribution in [2.24, 2.45) is 10.2 Å². The molecule has 0 aromatic carbocycles. The summed E-state index contributed by atoms with van der Waals surface area (Å²) in [4.78, 5) is 10.7. The number of rotatable bonds is 1. The Morgan fingerprint density at radius 3 is 2.90 bits per heavy atom. The number of ether oxygens (including phenoxy) is 1. The van der Waals surface area contributed by atoms with Gasteiger partial charge in [0.15, 0.2) is 5.71 Å². The van der Waals surface area contributed by atoms with Gasteiger partial charge in [0, 0.05) is 13.1 Å². The average molecular weight is 140 g/mol. The first-order valence-corrected chi connectivity index (χ1v) is 2.97. The number of hydrogen-bond acceptors (Lipinski definition) is 4. The van der Waals surface area contributed by atoms with Crippen molar-refractivity contribution in [1.82, 2.24) is 0 Å². The van der Waals surface area contributed by atoms with Crippen LogP contribution in [0, 0.1) is 0 Å². The summed E-state index contributed by atoms with van der Waals surface area (Å²) in [6.45, 7) is 4.95. The molecule has 0 aliphatic carbocycles. The third kappa shape index (κ3) is 1.21. The highest BCUT2D eigenvalue weighted by Crippen LogP contribution is 2.10. The van der Waals surface area contributed by atoms with Crippen molar-refractivity contribution >= 4 is 18.4 Å². The van der Waals surface area contributed by atoms with Gasteiger partial charge in [-0.2, -0.15) is 5.10 Å². The predicted octanol–water partition coefficient (Wildman–Crippen LogP) is 0.378. The van der Waals surface area contributed by atoms with Gasteiger partial charge in [-0.1, -0.05) is 0 Å². The molecule has 0 radical (unpaired) electrons. The second-order valence-electron chi connectivity index (χ2n) is 2.11. The first-order chi connectivity index (χ1) is 4.74. The third-order valence-corrected chi connectivity index (χ3v) is 1.22. The van der Waals surface area contributed by atoms with E-state index in [1.54, 1.807) is 0 Å². The van der Waals surface area contributed by atoms with E-state index in [2.05, 4.69) is 16.9 Å². The Morgan fingerprint density at radius 2 is 2.50 bits per heavy atom. The van der Waals surface area contributed by atoms with Crippen LogP contribution in [0.25, 0.3) is 0 Å². The van der Waals surface area contributed by atoms with Crippen LogP contribution in [0.2, 0.25) is 0 Å². The van der Waals surface area contributed by atoms with E-state index in [0.29, 0.717) is 12.1 Å². The van der Waals surface area contributed by atoms with Gasteiger partial charge in [-0.25, -0.2) is 4.79 Å². The lowest BCUT2D eigenvalue weighted by atomic mass is 10.2.